The van der Waals surface area contributed by atoms with Crippen molar-refractivity contribution in [3.05, 3.63) is 0 Å². The first-order chi connectivity index (χ1) is 8.35. The number of carbonyl (C=O) groups excluding carboxylic acids is 1. The number of hydrogen-bond acceptors (Lipinski definition) is 4. The first-order valence-corrected chi connectivity index (χ1v) is 5.82. The number of nitrogens with zero attached hydrogens (tertiary/aromatic N) is 1. The SMILES string of the molecule is CC1=NOC2(C(=O)OCCC(F)(F)F)CCCC12. The van der Waals surface area contributed by atoms with Crippen molar-refractivity contribution in [2.75, 3.05) is 6.61 Å². The van der Waals surface area contributed by atoms with Crippen molar-refractivity contribution in [2.45, 2.75) is 44.4 Å². The molecule has 1 heterocycles. The van der Waals surface area contributed by atoms with Crippen molar-refractivity contribution in [3.8, 4) is 0 Å². The van der Waals surface area contributed by atoms with Gasteiger partial charge in [-0.15, -0.1) is 0 Å². The van der Waals surface area contributed by atoms with Crippen LogP contribution in [0.5, 0.6) is 0 Å². The maximum Gasteiger partial charge on any atom is 0.392 e. The summed E-state index contributed by atoms with van der Waals surface area (Å²) in [5, 5.41) is 3.76. The van der Waals surface area contributed by atoms with Crippen molar-refractivity contribution in [1.29, 1.82) is 0 Å². The lowest BCUT2D eigenvalue weighted by molar-refractivity contribution is -0.179. The summed E-state index contributed by atoms with van der Waals surface area (Å²) in [6, 6.07) is 0. The third-order valence-electron chi connectivity index (χ3n) is 3.42. The van der Waals surface area contributed by atoms with Crippen LogP contribution in [0.15, 0.2) is 5.16 Å². The van der Waals surface area contributed by atoms with Gasteiger partial charge >= 0.3 is 12.1 Å². The Balaban J connectivity index is 1.93. The average Bonchev–Trinajstić information content (AvgIpc) is 2.79. The highest BCUT2D eigenvalue weighted by Gasteiger charge is 2.57. The molecule has 1 aliphatic carbocycles. The molecule has 0 spiro atoms. The molecule has 2 aliphatic rings. The van der Waals surface area contributed by atoms with Gasteiger partial charge in [-0.2, -0.15) is 13.2 Å². The number of oxime groups is 1. The molecule has 0 radical (unpaired) electrons. The number of alkyl halides is 3. The first kappa shape index (κ1) is 13.2. The van der Waals surface area contributed by atoms with Gasteiger partial charge in [0.2, 0.25) is 5.60 Å². The monoisotopic (exact) mass is 265 g/mol. The minimum Gasteiger partial charge on any atom is -0.462 e. The summed E-state index contributed by atoms with van der Waals surface area (Å²) in [6.07, 6.45) is -3.48. The van der Waals surface area contributed by atoms with E-state index in [0.717, 1.165) is 12.8 Å². The fraction of sp³-hybridized carbons (Fsp3) is 0.818. The Kier molecular flexibility index (Phi) is 3.25. The maximum atomic E-state index is 12.0. The van der Waals surface area contributed by atoms with Crippen LogP contribution in [0, 0.1) is 5.92 Å². The van der Waals surface area contributed by atoms with Crippen molar-refractivity contribution in [1.82, 2.24) is 0 Å². The van der Waals surface area contributed by atoms with Crippen LogP contribution in [0.3, 0.4) is 0 Å². The highest BCUT2D eigenvalue weighted by atomic mass is 19.4. The average molecular weight is 265 g/mol. The Hall–Kier alpha value is -1.27. The van der Waals surface area contributed by atoms with E-state index in [1.54, 1.807) is 6.92 Å². The zero-order chi connectivity index (χ0) is 13.4. The van der Waals surface area contributed by atoms with Gasteiger partial charge < -0.3 is 9.57 Å². The van der Waals surface area contributed by atoms with E-state index >= 15 is 0 Å². The quantitative estimate of drug-likeness (QED) is 0.736. The first-order valence-electron chi connectivity index (χ1n) is 5.82. The van der Waals surface area contributed by atoms with Crippen molar-refractivity contribution < 1.29 is 27.5 Å². The van der Waals surface area contributed by atoms with Crippen LogP contribution in [0.4, 0.5) is 13.2 Å². The van der Waals surface area contributed by atoms with Gasteiger partial charge in [0.25, 0.3) is 0 Å². The van der Waals surface area contributed by atoms with Crippen LogP contribution < -0.4 is 0 Å². The molecule has 2 rings (SSSR count). The molecular weight excluding hydrogens is 251 g/mol. The summed E-state index contributed by atoms with van der Waals surface area (Å²) < 4.78 is 40.6. The smallest absolute Gasteiger partial charge is 0.392 e. The van der Waals surface area contributed by atoms with E-state index < -0.39 is 30.8 Å². The van der Waals surface area contributed by atoms with Gasteiger partial charge in [-0.1, -0.05) is 5.16 Å². The minimum absolute atomic E-state index is 0.157. The number of esters is 1. The molecule has 7 heteroatoms. The summed E-state index contributed by atoms with van der Waals surface area (Å²) in [6.45, 7) is 1.08. The topological polar surface area (TPSA) is 47.9 Å². The van der Waals surface area contributed by atoms with Crippen molar-refractivity contribution in [2.24, 2.45) is 11.1 Å². The second kappa shape index (κ2) is 4.44. The lowest BCUT2D eigenvalue weighted by atomic mass is 9.88. The number of hydrogen-bond donors (Lipinski definition) is 0. The van der Waals surface area contributed by atoms with E-state index in [9.17, 15) is 18.0 Å². The molecule has 18 heavy (non-hydrogen) atoms. The highest BCUT2D eigenvalue weighted by molar-refractivity contribution is 5.95. The van der Waals surface area contributed by atoms with E-state index in [1.807, 2.05) is 0 Å². The molecular formula is C11H14F3NO3. The molecule has 1 saturated carbocycles. The lowest BCUT2D eigenvalue weighted by Gasteiger charge is -2.24. The van der Waals surface area contributed by atoms with Crippen LogP contribution in [-0.2, 0) is 14.4 Å². The predicted octanol–water partition coefficient (Wildman–Crippen LogP) is 2.43. The van der Waals surface area contributed by atoms with E-state index in [4.69, 9.17) is 9.57 Å². The third kappa shape index (κ3) is 2.30. The van der Waals surface area contributed by atoms with Gasteiger partial charge in [-0.3, -0.25) is 0 Å². The Morgan fingerprint density at radius 2 is 2.33 bits per heavy atom. The number of carbonyl (C=O) groups is 1. The van der Waals surface area contributed by atoms with Crippen LogP contribution >= 0.6 is 0 Å². The van der Waals surface area contributed by atoms with E-state index in [-0.39, 0.29) is 5.92 Å². The molecule has 0 saturated heterocycles. The zero-order valence-corrected chi connectivity index (χ0v) is 9.92. The van der Waals surface area contributed by atoms with Crippen molar-refractivity contribution >= 4 is 11.7 Å². The summed E-state index contributed by atoms with van der Waals surface area (Å²) in [7, 11) is 0. The lowest BCUT2D eigenvalue weighted by Crippen LogP contribution is -2.44. The number of rotatable bonds is 3. The summed E-state index contributed by atoms with van der Waals surface area (Å²) in [5.74, 6) is -0.884. The van der Waals surface area contributed by atoms with Gasteiger partial charge in [-0.25, -0.2) is 4.79 Å². The van der Waals surface area contributed by atoms with Crippen molar-refractivity contribution in [3.63, 3.8) is 0 Å². The fourth-order valence-electron chi connectivity index (χ4n) is 2.51. The molecule has 2 unspecified atom stereocenters. The van der Waals surface area contributed by atoms with Crippen LogP contribution in [0.2, 0.25) is 0 Å². The zero-order valence-electron chi connectivity index (χ0n) is 9.92. The summed E-state index contributed by atoms with van der Waals surface area (Å²) >= 11 is 0. The van der Waals surface area contributed by atoms with E-state index in [1.165, 1.54) is 0 Å². The summed E-state index contributed by atoms with van der Waals surface area (Å²) in [4.78, 5) is 17.0. The molecule has 1 fully saturated rings. The standard InChI is InChI=1S/C11H14F3NO3/c1-7-8-3-2-4-10(8,18-15-7)9(16)17-6-5-11(12,13)14/h8H,2-6H2,1H3. The van der Waals surface area contributed by atoms with Gasteiger partial charge in [0, 0.05) is 6.42 Å². The molecule has 0 aromatic rings. The number of ether oxygens (including phenoxy) is 1. The Morgan fingerprint density at radius 1 is 1.61 bits per heavy atom. The second-order valence-electron chi connectivity index (χ2n) is 4.66. The van der Waals surface area contributed by atoms with E-state index in [2.05, 4.69) is 5.16 Å². The number of fused-ring (bicyclic) bond motifs is 1. The van der Waals surface area contributed by atoms with Crippen LogP contribution in [0.1, 0.15) is 32.6 Å². The normalized spacial score (nSPS) is 30.7. The fourth-order valence-corrected chi connectivity index (χ4v) is 2.51. The van der Waals surface area contributed by atoms with Gasteiger partial charge in [0.1, 0.15) is 6.61 Å². The summed E-state index contributed by atoms with van der Waals surface area (Å²) in [5.41, 5.74) is -0.462. The molecule has 0 aromatic heterocycles. The Morgan fingerprint density at radius 3 is 3.00 bits per heavy atom. The molecule has 1 aliphatic heterocycles. The maximum absolute atomic E-state index is 12.0. The molecule has 102 valence electrons. The molecule has 0 aromatic carbocycles. The third-order valence-corrected chi connectivity index (χ3v) is 3.42. The molecule has 2 atom stereocenters. The molecule has 0 amide bonds. The Bertz CT molecular complexity index is 380. The Labute approximate surface area is 102 Å². The minimum atomic E-state index is -4.32. The number of halogens is 3. The van der Waals surface area contributed by atoms with E-state index in [0.29, 0.717) is 12.1 Å². The molecule has 0 bridgehead atoms. The molecule has 4 nitrogen and oxygen atoms in total. The highest BCUT2D eigenvalue weighted by Crippen LogP contribution is 2.44. The van der Waals surface area contributed by atoms with Crippen LogP contribution in [0.25, 0.3) is 0 Å². The molecule has 0 N–H and O–H groups in total. The van der Waals surface area contributed by atoms with Gasteiger partial charge in [-0.05, 0) is 19.8 Å². The predicted molar refractivity (Wildman–Crippen MR) is 55.9 cm³/mol. The second-order valence-corrected chi connectivity index (χ2v) is 4.66. The van der Waals surface area contributed by atoms with Gasteiger partial charge in [0.15, 0.2) is 0 Å². The van der Waals surface area contributed by atoms with Crippen LogP contribution in [-0.4, -0.2) is 30.1 Å². The van der Waals surface area contributed by atoms with Gasteiger partial charge in [0.05, 0.1) is 18.1 Å². The largest absolute Gasteiger partial charge is 0.462 e.